The lowest BCUT2D eigenvalue weighted by molar-refractivity contribution is 0.0845. The number of carbonyl (C=O) groups is 1. The zero-order valence-electron chi connectivity index (χ0n) is 16.4. The van der Waals surface area contributed by atoms with Crippen molar-refractivity contribution in [2.75, 3.05) is 0 Å². The van der Waals surface area contributed by atoms with E-state index in [1.54, 1.807) is 4.40 Å². The Hall–Kier alpha value is -4.06. The Morgan fingerprint density at radius 2 is 1.70 bits per heavy atom. The van der Waals surface area contributed by atoms with Crippen molar-refractivity contribution >= 4 is 17.3 Å². The van der Waals surface area contributed by atoms with Crippen LogP contribution in [0.15, 0.2) is 90.9 Å². The highest BCUT2D eigenvalue weighted by atomic mass is 16.5. The van der Waals surface area contributed by atoms with Gasteiger partial charge in [-0.2, -0.15) is 0 Å². The number of fused-ring (bicyclic) bond motifs is 1. The SMILES string of the molecule is Cc1nc2ccccn2c1C(=O)NC1=C(c2ccccc2)NC(c2ccccc2)O1. The highest BCUT2D eigenvalue weighted by Gasteiger charge is 2.29. The van der Waals surface area contributed by atoms with E-state index >= 15 is 0 Å². The number of pyridine rings is 1. The molecule has 6 heteroatoms. The van der Waals surface area contributed by atoms with Gasteiger partial charge in [0.2, 0.25) is 5.88 Å². The van der Waals surface area contributed by atoms with Crippen molar-refractivity contribution in [2.45, 2.75) is 13.2 Å². The molecule has 5 rings (SSSR count). The number of rotatable bonds is 4. The first-order valence-electron chi connectivity index (χ1n) is 9.73. The number of amides is 1. The Morgan fingerprint density at radius 1 is 1.00 bits per heavy atom. The maximum Gasteiger partial charge on any atom is 0.276 e. The number of carbonyl (C=O) groups excluding carboxylic acids is 1. The highest BCUT2D eigenvalue weighted by molar-refractivity contribution is 5.96. The van der Waals surface area contributed by atoms with Crippen LogP contribution in [0.2, 0.25) is 0 Å². The second kappa shape index (κ2) is 7.40. The second-order valence-electron chi connectivity index (χ2n) is 7.05. The van der Waals surface area contributed by atoms with Crippen LogP contribution in [0.1, 0.15) is 33.5 Å². The van der Waals surface area contributed by atoms with Crippen LogP contribution in [0.5, 0.6) is 0 Å². The molecule has 1 amide bonds. The van der Waals surface area contributed by atoms with E-state index in [9.17, 15) is 4.79 Å². The summed E-state index contributed by atoms with van der Waals surface area (Å²) < 4.78 is 7.92. The van der Waals surface area contributed by atoms with E-state index in [0.29, 0.717) is 17.3 Å². The molecule has 0 saturated carbocycles. The van der Waals surface area contributed by atoms with E-state index in [1.807, 2.05) is 92.0 Å². The summed E-state index contributed by atoms with van der Waals surface area (Å²) in [5.74, 6) is 0.121. The van der Waals surface area contributed by atoms with Gasteiger partial charge in [0.15, 0.2) is 6.23 Å². The first-order chi connectivity index (χ1) is 14.7. The van der Waals surface area contributed by atoms with Crippen molar-refractivity contribution in [1.82, 2.24) is 20.0 Å². The van der Waals surface area contributed by atoms with Crippen LogP contribution in [0.4, 0.5) is 0 Å². The third-order valence-electron chi connectivity index (χ3n) is 5.05. The lowest BCUT2D eigenvalue weighted by atomic mass is 10.1. The zero-order valence-corrected chi connectivity index (χ0v) is 16.4. The number of benzene rings is 2. The maximum absolute atomic E-state index is 13.2. The number of hydrogen-bond donors (Lipinski definition) is 2. The molecule has 0 radical (unpaired) electrons. The van der Waals surface area contributed by atoms with Gasteiger partial charge in [-0.25, -0.2) is 4.98 Å². The second-order valence-corrected chi connectivity index (χ2v) is 7.05. The number of imidazole rings is 1. The summed E-state index contributed by atoms with van der Waals surface area (Å²) >= 11 is 0. The van der Waals surface area contributed by atoms with Gasteiger partial charge in [0.1, 0.15) is 17.0 Å². The van der Waals surface area contributed by atoms with Crippen LogP contribution in [-0.4, -0.2) is 15.3 Å². The van der Waals surface area contributed by atoms with E-state index in [-0.39, 0.29) is 12.1 Å². The topological polar surface area (TPSA) is 67.7 Å². The van der Waals surface area contributed by atoms with Gasteiger partial charge < -0.3 is 10.1 Å². The quantitative estimate of drug-likeness (QED) is 0.547. The van der Waals surface area contributed by atoms with Gasteiger partial charge in [-0.05, 0) is 19.1 Å². The number of ether oxygens (including phenoxy) is 1. The van der Waals surface area contributed by atoms with Crippen molar-refractivity contribution in [3.63, 3.8) is 0 Å². The molecule has 1 unspecified atom stereocenters. The molecule has 0 bridgehead atoms. The summed E-state index contributed by atoms with van der Waals surface area (Å²) in [6.07, 6.45) is 1.44. The fraction of sp³-hybridized carbons (Fsp3) is 0.0833. The van der Waals surface area contributed by atoms with Gasteiger partial charge in [0.25, 0.3) is 5.91 Å². The van der Waals surface area contributed by atoms with Crippen molar-refractivity contribution in [3.8, 4) is 0 Å². The molecule has 0 fully saturated rings. The third kappa shape index (κ3) is 3.18. The van der Waals surface area contributed by atoms with Gasteiger partial charge >= 0.3 is 0 Å². The summed E-state index contributed by atoms with van der Waals surface area (Å²) in [6.45, 7) is 1.83. The molecule has 1 aliphatic heterocycles. The van der Waals surface area contributed by atoms with E-state index in [2.05, 4.69) is 15.6 Å². The molecule has 30 heavy (non-hydrogen) atoms. The molecular weight excluding hydrogens is 376 g/mol. The fourth-order valence-corrected chi connectivity index (χ4v) is 3.64. The van der Waals surface area contributed by atoms with Gasteiger partial charge in [-0.15, -0.1) is 0 Å². The monoisotopic (exact) mass is 396 g/mol. The molecule has 2 aromatic carbocycles. The summed E-state index contributed by atoms with van der Waals surface area (Å²) in [4.78, 5) is 17.7. The number of aryl methyl sites for hydroxylation is 1. The maximum atomic E-state index is 13.2. The lowest BCUT2D eigenvalue weighted by Gasteiger charge is -2.13. The van der Waals surface area contributed by atoms with Crippen LogP contribution >= 0.6 is 0 Å². The van der Waals surface area contributed by atoms with Gasteiger partial charge in [-0.3, -0.25) is 14.5 Å². The van der Waals surface area contributed by atoms with Crippen LogP contribution in [0.3, 0.4) is 0 Å². The van der Waals surface area contributed by atoms with Gasteiger partial charge in [0.05, 0.1) is 5.69 Å². The van der Waals surface area contributed by atoms with Crippen LogP contribution in [0, 0.1) is 6.92 Å². The average Bonchev–Trinajstić information content (AvgIpc) is 3.35. The normalized spacial score (nSPS) is 15.7. The largest absolute Gasteiger partial charge is 0.449 e. The Balaban J connectivity index is 1.51. The molecular formula is C24H20N4O2. The van der Waals surface area contributed by atoms with Crippen LogP contribution in [-0.2, 0) is 4.74 Å². The van der Waals surface area contributed by atoms with Crippen LogP contribution < -0.4 is 10.6 Å². The Bertz CT molecular complexity index is 1250. The summed E-state index contributed by atoms with van der Waals surface area (Å²) in [7, 11) is 0. The minimum atomic E-state index is -0.389. The smallest absolute Gasteiger partial charge is 0.276 e. The van der Waals surface area contributed by atoms with E-state index in [4.69, 9.17) is 4.74 Å². The number of aromatic nitrogens is 2. The van der Waals surface area contributed by atoms with Crippen LogP contribution in [0.25, 0.3) is 11.3 Å². The average molecular weight is 396 g/mol. The van der Waals surface area contributed by atoms with Crippen molar-refractivity contribution in [1.29, 1.82) is 0 Å². The fourth-order valence-electron chi connectivity index (χ4n) is 3.64. The Morgan fingerprint density at radius 3 is 2.47 bits per heavy atom. The van der Waals surface area contributed by atoms with E-state index < -0.39 is 0 Å². The minimum absolute atomic E-state index is 0.273. The first kappa shape index (κ1) is 18.0. The predicted molar refractivity (Wildman–Crippen MR) is 114 cm³/mol. The molecule has 3 heterocycles. The number of nitrogens with zero attached hydrogens (tertiary/aromatic N) is 2. The summed E-state index contributed by atoms with van der Waals surface area (Å²) in [5.41, 5.74) is 4.51. The number of hydrogen-bond acceptors (Lipinski definition) is 4. The molecule has 1 atom stereocenters. The molecule has 0 aliphatic carbocycles. The first-order valence-corrected chi connectivity index (χ1v) is 9.73. The molecule has 6 nitrogen and oxygen atoms in total. The predicted octanol–water partition coefficient (Wildman–Crippen LogP) is 4.02. The Labute approximate surface area is 173 Å². The molecule has 148 valence electrons. The molecule has 2 aromatic heterocycles. The van der Waals surface area contributed by atoms with E-state index in [1.165, 1.54) is 0 Å². The molecule has 1 aliphatic rings. The van der Waals surface area contributed by atoms with Crippen molar-refractivity contribution < 1.29 is 9.53 Å². The van der Waals surface area contributed by atoms with E-state index in [0.717, 1.165) is 22.5 Å². The van der Waals surface area contributed by atoms with Gasteiger partial charge in [0, 0.05) is 17.3 Å². The van der Waals surface area contributed by atoms with Crippen molar-refractivity contribution in [2.24, 2.45) is 0 Å². The summed E-state index contributed by atoms with van der Waals surface area (Å²) in [6, 6.07) is 25.3. The molecule has 4 aromatic rings. The van der Waals surface area contributed by atoms with Gasteiger partial charge in [-0.1, -0.05) is 66.7 Å². The highest BCUT2D eigenvalue weighted by Crippen LogP contribution is 2.31. The standard InChI is InChI=1S/C24H20N4O2/c1-16-21(28-15-9-8-14-19(28)25-16)22(29)27-24-20(17-10-4-2-5-11-17)26-23(30-24)18-12-6-3-7-13-18/h2-15,23,26H,1H3,(H,27,29). The summed E-state index contributed by atoms with van der Waals surface area (Å²) in [5, 5.41) is 6.35. The Kier molecular flexibility index (Phi) is 4.44. The molecule has 2 N–H and O–H groups in total. The zero-order chi connectivity index (χ0) is 20.5. The molecule has 0 saturated heterocycles. The third-order valence-corrected chi connectivity index (χ3v) is 5.05. The molecule has 0 spiro atoms. The lowest BCUT2D eigenvalue weighted by Crippen LogP contribution is -2.26. The number of nitrogens with one attached hydrogen (secondary N) is 2. The minimum Gasteiger partial charge on any atom is -0.449 e. The van der Waals surface area contributed by atoms with Crippen molar-refractivity contribution in [3.05, 3.63) is 113 Å².